The van der Waals surface area contributed by atoms with Crippen molar-refractivity contribution in [1.29, 1.82) is 0 Å². The molecule has 25 heavy (non-hydrogen) atoms. The summed E-state index contributed by atoms with van der Waals surface area (Å²) in [6.07, 6.45) is 0. The third-order valence-corrected chi connectivity index (χ3v) is 3.79. The van der Waals surface area contributed by atoms with Crippen molar-refractivity contribution in [2.75, 3.05) is 17.7 Å². The predicted octanol–water partition coefficient (Wildman–Crippen LogP) is 4.46. The lowest BCUT2D eigenvalue weighted by Crippen LogP contribution is -2.05. The first-order valence-corrected chi connectivity index (χ1v) is 8.18. The Hall–Kier alpha value is -3.08. The molecular weight excluding hydrogens is 312 g/mol. The van der Waals surface area contributed by atoms with Crippen LogP contribution in [0.4, 0.5) is 17.3 Å². The number of hydrogen-bond donors (Lipinski definition) is 2. The van der Waals surface area contributed by atoms with Gasteiger partial charge in [-0.1, -0.05) is 29.8 Å². The number of aryl methyl sites for hydroxylation is 2. The molecule has 3 aromatic rings. The van der Waals surface area contributed by atoms with Crippen molar-refractivity contribution in [2.24, 2.45) is 0 Å². The third kappa shape index (κ3) is 4.70. The molecule has 0 bridgehead atoms. The van der Waals surface area contributed by atoms with E-state index in [9.17, 15) is 0 Å². The topological polar surface area (TPSA) is 59.1 Å². The van der Waals surface area contributed by atoms with Crippen LogP contribution in [0.15, 0.2) is 54.6 Å². The van der Waals surface area contributed by atoms with Gasteiger partial charge >= 0.3 is 0 Å². The SMILES string of the molecule is COc1ccc(Nc2cc(NCc3ccc(C)cc3)nc(C)n2)cc1. The van der Waals surface area contributed by atoms with E-state index in [1.54, 1.807) is 7.11 Å². The van der Waals surface area contributed by atoms with Crippen molar-refractivity contribution in [3.05, 3.63) is 71.5 Å². The molecule has 0 aliphatic heterocycles. The summed E-state index contributed by atoms with van der Waals surface area (Å²) in [6.45, 7) is 4.69. The Labute approximate surface area is 148 Å². The predicted molar refractivity (Wildman–Crippen MR) is 102 cm³/mol. The summed E-state index contributed by atoms with van der Waals surface area (Å²) in [5.74, 6) is 3.09. The molecule has 5 nitrogen and oxygen atoms in total. The summed E-state index contributed by atoms with van der Waals surface area (Å²) in [7, 11) is 1.65. The molecule has 128 valence electrons. The zero-order valence-corrected chi connectivity index (χ0v) is 14.7. The van der Waals surface area contributed by atoms with Crippen LogP contribution < -0.4 is 15.4 Å². The summed E-state index contributed by atoms with van der Waals surface area (Å²) >= 11 is 0. The fourth-order valence-electron chi connectivity index (χ4n) is 2.44. The van der Waals surface area contributed by atoms with Crippen LogP contribution >= 0.6 is 0 Å². The summed E-state index contributed by atoms with van der Waals surface area (Å²) in [6, 6.07) is 18.1. The molecule has 0 unspecified atom stereocenters. The summed E-state index contributed by atoms with van der Waals surface area (Å²) in [4.78, 5) is 8.90. The molecular formula is C20H22N4O. The Bertz CT molecular complexity index is 829. The second-order valence-electron chi connectivity index (χ2n) is 5.88. The average Bonchev–Trinajstić information content (AvgIpc) is 2.61. The van der Waals surface area contributed by atoms with Crippen molar-refractivity contribution in [3.8, 4) is 5.75 Å². The molecule has 0 aliphatic rings. The van der Waals surface area contributed by atoms with Crippen LogP contribution in [-0.4, -0.2) is 17.1 Å². The number of nitrogens with zero attached hydrogens (tertiary/aromatic N) is 2. The van der Waals surface area contributed by atoms with Gasteiger partial charge in [0.05, 0.1) is 7.11 Å². The van der Waals surface area contributed by atoms with Gasteiger partial charge < -0.3 is 15.4 Å². The molecule has 2 N–H and O–H groups in total. The average molecular weight is 334 g/mol. The molecule has 0 saturated heterocycles. The molecule has 0 atom stereocenters. The van der Waals surface area contributed by atoms with Crippen LogP contribution in [0.2, 0.25) is 0 Å². The molecule has 3 rings (SSSR count). The van der Waals surface area contributed by atoms with E-state index in [1.807, 2.05) is 37.3 Å². The highest BCUT2D eigenvalue weighted by atomic mass is 16.5. The van der Waals surface area contributed by atoms with E-state index in [-0.39, 0.29) is 0 Å². The highest BCUT2D eigenvalue weighted by Crippen LogP contribution is 2.20. The Balaban J connectivity index is 1.69. The number of ether oxygens (including phenoxy) is 1. The highest BCUT2D eigenvalue weighted by Gasteiger charge is 2.03. The second kappa shape index (κ2) is 7.66. The Kier molecular flexibility index (Phi) is 5.14. The van der Waals surface area contributed by atoms with Crippen molar-refractivity contribution in [2.45, 2.75) is 20.4 Å². The number of anilines is 3. The van der Waals surface area contributed by atoms with E-state index < -0.39 is 0 Å². The van der Waals surface area contributed by atoms with Crippen LogP contribution in [0, 0.1) is 13.8 Å². The number of benzene rings is 2. The van der Waals surface area contributed by atoms with Gasteiger partial charge in [-0.15, -0.1) is 0 Å². The van der Waals surface area contributed by atoms with Gasteiger partial charge in [0.2, 0.25) is 0 Å². The molecule has 0 saturated carbocycles. The Morgan fingerprint density at radius 1 is 0.880 bits per heavy atom. The van der Waals surface area contributed by atoms with Crippen molar-refractivity contribution in [3.63, 3.8) is 0 Å². The zero-order chi connectivity index (χ0) is 17.6. The van der Waals surface area contributed by atoms with Gasteiger partial charge in [0, 0.05) is 18.3 Å². The van der Waals surface area contributed by atoms with E-state index >= 15 is 0 Å². The molecule has 0 amide bonds. The molecule has 1 aromatic heterocycles. The maximum Gasteiger partial charge on any atom is 0.136 e. The standard InChI is InChI=1S/C20H22N4O/c1-14-4-6-16(7-5-14)13-21-19-12-20(23-15(2)22-19)24-17-8-10-18(25-3)11-9-17/h4-12H,13H2,1-3H3,(H2,21,22,23,24). The smallest absolute Gasteiger partial charge is 0.136 e. The molecule has 0 spiro atoms. The van der Waals surface area contributed by atoms with Crippen LogP contribution in [0.1, 0.15) is 17.0 Å². The lowest BCUT2D eigenvalue weighted by Gasteiger charge is -2.11. The summed E-state index contributed by atoms with van der Waals surface area (Å²) in [5, 5.41) is 6.65. The first-order valence-electron chi connectivity index (χ1n) is 8.18. The minimum absolute atomic E-state index is 0.713. The van der Waals surface area contributed by atoms with Gasteiger partial charge in [0.15, 0.2) is 0 Å². The normalized spacial score (nSPS) is 10.4. The number of methoxy groups -OCH3 is 1. The minimum atomic E-state index is 0.713. The van der Waals surface area contributed by atoms with Gasteiger partial charge in [-0.2, -0.15) is 0 Å². The van der Waals surface area contributed by atoms with Crippen molar-refractivity contribution >= 4 is 17.3 Å². The lowest BCUT2D eigenvalue weighted by atomic mass is 10.1. The quantitative estimate of drug-likeness (QED) is 0.697. The van der Waals surface area contributed by atoms with E-state index in [0.717, 1.165) is 29.6 Å². The Morgan fingerprint density at radius 2 is 1.56 bits per heavy atom. The Morgan fingerprint density at radius 3 is 2.24 bits per heavy atom. The van der Waals surface area contributed by atoms with Crippen LogP contribution in [0.3, 0.4) is 0 Å². The molecule has 1 heterocycles. The van der Waals surface area contributed by atoms with Crippen molar-refractivity contribution < 1.29 is 4.74 Å². The van der Waals surface area contributed by atoms with Gasteiger partial charge in [-0.3, -0.25) is 0 Å². The van der Waals surface area contributed by atoms with E-state index in [2.05, 4.69) is 51.8 Å². The fourth-order valence-corrected chi connectivity index (χ4v) is 2.44. The first kappa shape index (κ1) is 16.8. The highest BCUT2D eigenvalue weighted by molar-refractivity contribution is 5.60. The van der Waals surface area contributed by atoms with E-state index in [0.29, 0.717) is 5.82 Å². The molecule has 0 fully saturated rings. The largest absolute Gasteiger partial charge is 0.497 e. The maximum atomic E-state index is 5.18. The van der Waals surface area contributed by atoms with Gasteiger partial charge in [-0.25, -0.2) is 9.97 Å². The van der Waals surface area contributed by atoms with Crippen LogP contribution in [-0.2, 0) is 6.54 Å². The molecule has 2 aromatic carbocycles. The third-order valence-electron chi connectivity index (χ3n) is 3.79. The fraction of sp³-hybridized carbons (Fsp3) is 0.200. The lowest BCUT2D eigenvalue weighted by molar-refractivity contribution is 0.415. The second-order valence-corrected chi connectivity index (χ2v) is 5.88. The van der Waals surface area contributed by atoms with Crippen LogP contribution in [0.5, 0.6) is 5.75 Å². The van der Waals surface area contributed by atoms with Gasteiger partial charge in [-0.05, 0) is 43.7 Å². The molecule has 0 aliphatic carbocycles. The summed E-state index contributed by atoms with van der Waals surface area (Å²) < 4.78 is 5.18. The molecule has 5 heteroatoms. The van der Waals surface area contributed by atoms with Crippen molar-refractivity contribution in [1.82, 2.24) is 9.97 Å². The summed E-state index contributed by atoms with van der Waals surface area (Å²) in [5.41, 5.74) is 3.42. The number of nitrogens with one attached hydrogen (secondary N) is 2. The zero-order valence-electron chi connectivity index (χ0n) is 14.7. The number of aromatic nitrogens is 2. The van der Waals surface area contributed by atoms with Crippen LogP contribution in [0.25, 0.3) is 0 Å². The first-order chi connectivity index (χ1) is 12.1. The van der Waals surface area contributed by atoms with Gasteiger partial charge in [0.1, 0.15) is 23.2 Å². The number of rotatable bonds is 6. The monoisotopic (exact) mass is 334 g/mol. The van der Waals surface area contributed by atoms with Gasteiger partial charge in [0.25, 0.3) is 0 Å². The maximum absolute atomic E-state index is 5.18. The molecule has 0 radical (unpaired) electrons. The number of hydrogen-bond acceptors (Lipinski definition) is 5. The van der Waals surface area contributed by atoms with E-state index in [1.165, 1.54) is 11.1 Å². The minimum Gasteiger partial charge on any atom is -0.497 e. The van der Waals surface area contributed by atoms with E-state index in [4.69, 9.17) is 4.74 Å².